The van der Waals surface area contributed by atoms with Crippen molar-refractivity contribution in [3.8, 4) is 6.07 Å². The van der Waals surface area contributed by atoms with Crippen LogP contribution in [-0.4, -0.2) is 43.6 Å². The summed E-state index contributed by atoms with van der Waals surface area (Å²) in [6.45, 7) is 7.44. The van der Waals surface area contributed by atoms with Crippen molar-refractivity contribution in [2.75, 3.05) is 13.1 Å². The van der Waals surface area contributed by atoms with Crippen molar-refractivity contribution in [1.82, 2.24) is 9.62 Å². The topological polar surface area (TPSA) is 90.3 Å². The highest BCUT2D eigenvalue weighted by Gasteiger charge is 2.27. The molecule has 0 saturated carbocycles. The van der Waals surface area contributed by atoms with Crippen LogP contribution in [-0.2, 0) is 14.8 Å². The van der Waals surface area contributed by atoms with Crippen LogP contribution < -0.4 is 4.72 Å². The number of sulfonamides is 1. The Morgan fingerprint density at radius 3 is 2.18 bits per heavy atom. The molecule has 2 atom stereocenters. The summed E-state index contributed by atoms with van der Waals surface area (Å²) in [4.78, 5) is 13.3. The summed E-state index contributed by atoms with van der Waals surface area (Å²) in [5, 5.41) is 7.39. The molecule has 0 fully saturated rings. The van der Waals surface area contributed by atoms with E-state index in [-0.39, 0.29) is 5.91 Å². The fourth-order valence-electron chi connectivity index (χ4n) is 1.28. The highest BCUT2D eigenvalue weighted by molar-refractivity contribution is 7.90. The number of nitrogens with one attached hydrogen (secondary N) is 1. The maximum absolute atomic E-state index is 11.8. The number of nitrogens with zero attached hydrogens (tertiary/aromatic N) is 2. The molecule has 0 radical (unpaired) electrons. The van der Waals surface area contributed by atoms with Crippen molar-refractivity contribution < 1.29 is 13.2 Å². The molecule has 0 aliphatic rings. The number of nitriles is 1. The van der Waals surface area contributed by atoms with Crippen molar-refractivity contribution in [3.05, 3.63) is 0 Å². The zero-order chi connectivity index (χ0) is 13.6. The lowest BCUT2D eigenvalue weighted by Crippen LogP contribution is -2.48. The highest BCUT2D eigenvalue weighted by Crippen LogP contribution is 2.01. The summed E-state index contributed by atoms with van der Waals surface area (Å²) < 4.78 is 25.4. The van der Waals surface area contributed by atoms with Gasteiger partial charge in [-0.2, -0.15) is 5.26 Å². The van der Waals surface area contributed by atoms with Gasteiger partial charge in [-0.05, 0) is 27.7 Å². The van der Waals surface area contributed by atoms with E-state index in [1.54, 1.807) is 6.07 Å². The third-order valence-electron chi connectivity index (χ3n) is 2.43. The molecule has 0 spiro atoms. The first-order valence-electron chi connectivity index (χ1n) is 5.49. The lowest BCUT2D eigenvalue weighted by molar-refractivity contribution is -0.132. The highest BCUT2D eigenvalue weighted by atomic mass is 32.2. The second kappa shape index (κ2) is 6.57. The van der Waals surface area contributed by atoms with Gasteiger partial charge in [-0.3, -0.25) is 4.79 Å². The zero-order valence-corrected chi connectivity index (χ0v) is 11.4. The van der Waals surface area contributed by atoms with E-state index in [1.807, 2.05) is 13.8 Å². The van der Waals surface area contributed by atoms with Crippen LogP contribution in [0.1, 0.15) is 27.7 Å². The lowest BCUT2D eigenvalue weighted by Gasteiger charge is -2.23. The van der Waals surface area contributed by atoms with Crippen molar-refractivity contribution in [3.63, 3.8) is 0 Å². The molecule has 0 bridgehead atoms. The molecule has 1 amide bonds. The van der Waals surface area contributed by atoms with E-state index in [4.69, 9.17) is 5.26 Å². The minimum absolute atomic E-state index is 0.288. The fourth-order valence-corrected chi connectivity index (χ4v) is 2.21. The van der Waals surface area contributed by atoms with Crippen LogP contribution >= 0.6 is 0 Å². The van der Waals surface area contributed by atoms with Gasteiger partial charge in [-0.15, -0.1) is 0 Å². The summed E-state index contributed by atoms with van der Waals surface area (Å²) in [5.41, 5.74) is 0. The van der Waals surface area contributed by atoms with E-state index >= 15 is 0 Å². The zero-order valence-electron chi connectivity index (χ0n) is 10.6. The van der Waals surface area contributed by atoms with Crippen molar-refractivity contribution in [1.29, 1.82) is 5.26 Å². The standard InChI is InChI=1S/C10H19N3O3S/c1-5-13(6-2)10(14)9(4)12-17(15,16)8(3)7-11/h8-9,12H,5-6H2,1-4H3. The maximum atomic E-state index is 11.8. The number of likely N-dealkylation sites (N-methyl/N-ethyl adjacent to an activating group) is 1. The van der Waals surface area contributed by atoms with Gasteiger partial charge in [-0.25, -0.2) is 13.1 Å². The van der Waals surface area contributed by atoms with Crippen molar-refractivity contribution in [2.45, 2.75) is 39.0 Å². The first kappa shape index (κ1) is 15.9. The van der Waals surface area contributed by atoms with Gasteiger partial charge in [0.15, 0.2) is 5.25 Å². The number of rotatable bonds is 6. The summed E-state index contributed by atoms with van der Waals surface area (Å²) in [5.74, 6) is -0.288. The molecule has 0 aromatic carbocycles. The molecule has 6 nitrogen and oxygen atoms in total. The maximum Gasteiger partial charge on any atom is 0.240 e. The van der Waals surface area contributed by atoms with Gasteiger partial charge in [0.2, 0.25) is 15.9 Å². The molecule has 0 aliphatic heterocycles. The van der Waals surface area contributed by atoms with Crippen molar-refractivity contribution in [2.24, 2.45) is 0 Å². The Bertz CT molecular complexity index is 396. The van der Waals surface area contributed by atoms with Gasteiger partial charge >= 0.3 is 0 Å². The molecular weight excluding hydrogens is 242 g/mol. The van der Waals surface area contributed by atoms with E-state index < -0.39 is 21.3 Å². The second-order valence-corrected chi connectivity index (χ2v) is 5.70. The van der Waals surface area contributed by atoms with Crippen molar-refractivity contribution >= 4 is 15.9 Å². The summed E-state index contributed by atoms with van der Waals surface area (Å²) in [6.07, 6.45) is 0. The number of amides is 1. The Morgan fingerprint density at radius 2 is 1.82 bits per heavy atom. The van der Waals surface area contributed by atoms with E-state index in [0.29, 0.717) is 13.1 Å². The average molecular weight is 261 g/mol. The number of carbonyl (C=O) groups excluding carboxylic acids is 1. The summed E-state index contributed by atoms with van der Waals surface area (Å²) >= 11 is 0. The molecule has 1 N–H and O–H groups in total. The summed E-state index contributed by atoms with van der Waals surface area (Å²) in [7, 11) is -3.76. The van der Waals surface area contributed by atoms with Crippen LogP contribution in [0.2, 0.25) is 0 Å². The number of hydrogen-bond acceptors (Lipinski definition) is 4. The Kier molecular flexibility index (Phi) is 6.13. The average Bonchev–Trinajstić information content (AvgIpc) is 2.28. The Hall–Kier alpha value is -1.13. The van der Waals surface area contributed by atoms with E-state index in [1.165, 1.54) is 18.7 Å². The van der Waals surface area contributed by atoms with Gasteiger partial charge < -0.3 is 4.90 Å². The predicted octanol–water partition coefficient (Wildman–Crippen LogP) is 0.0748. The van der Waals surface area contributed by atoms with Gasteiger partial charge in [0.1, 0.15) is 0 Å². The summed E-state index contributed by atoms with van der Waals surface area (Å²) in [6, 6.07) is 0.780. The van der Waals surface area contributed by atoms with Crippen LogP contribution in [0.3, 0.4) is 0 Å². The lowest BCUT2D eigenvalue weighted by atomic mass is 10.3. The molecule has 0 aliphatic carbocycles. The second-order valence-electron chi connectivity index (χ2n) is 3.67. The largest absolute Gasteiger partial charge is 0.342 e. The van der Waals surface area contributed by atoms with Gasteiger partial charge in [0, 0.05) is 13.1 Å². The monoisotopic (exact) mass is 261 g/mol. The molecule has 0 saturated heterocycles. The first-order chi connectivity index (χ1) is 7.80. The molecule has 0 heterocycles. The molecule has 7 heteroatoms. The van der Waals surface area contributed by atoms with Crippen LogP contribution in [0.25, 0.3) is 0 Å². The third-order valence-corrected chi connectivity index (χ3v) is 4.15. The van der Waals surface area contributed by atoms with Gasteiger partial charge in [-0.1, -0.05) is 0 Å². The molecule has 0 aromatic heterocycles. The Labute approximate surface area is 103 Å². The smallest absolute Gasteiger partial charge is 0.240 e. The van der Waals surface area contributed by atoms with E-state index in [9.17, 15) is 13.2 Å². The molecule has 98 valence electrons. The van der Waals surface area contributed by atoms with Gasteiger partial charge in [0.05, 0.1) is 12.1 Å². The SMILES string of the molecule is CCN(CC)C(=O)C(C)NS(=O)(=O)C(C)C#N. The molecular formula is C10H19N3O3S. The minimum atomic E-state index is -3.76. The van der Waals surface area contributed by atoms with Gasteiger partial charge in [0.25, 0.3) is 0 Å². The van der Waals surface area contributed by atoms with Crippen LogP contribution in [0.15, 0.2) is 0 Å². The Balaban J connectivity index is 4.72. The van der Waals surface area contributed by atoms with Crippen LogP contribution in [0.5, 0.6) is 0 Å². The third kappa shape index (κ3) is 4.32. The normalized spacial score (nSPS) is 14.8. The van der Waals surface area contributed by atoms with E-state index in [2.05, 4.69) is 4.72 Å². The molecule has 0 rings (SSSR count). The number of hydrogen-bond donors (Lipinski definition) is 1. The molecule has 2 unspecified atom stereocenters. The van der Waals surface area contributed by atoms with Crippen LogP contribution in [0.4, 0.5) is 0 Å². The fraction of sp³-hybridized carbons (Fsp3) is 0.800. The van der Waals surface area contributed by atoms with E-state index in [0.717, 1.165) is 0 Å². The predicted molar refractivity (Wildman–Crippen MR) is 64.5 cm³/mol. The molecule has 17 heavy (non-hydrogen) atoms. The Morgan fingerprint density at radius 1 is 1.35 bits per heavy atom. The first-order valence-corrected chi connectivity index (χ1v) is 7.04. The quantitative estimate of drug-likeness (QED) is 0.733. The van der Waals surface area contributed by atoms with Crippen LogP contribution in [0, 0.1) is 11.3 Å². The minimum Gasteiger partial charge on any atom is -0.342 e. The number of carbonyl (C=O) groups is 1. The molecule has 0 aromatic rings.